The first-order valence-corrected chi connectivity index (χ1v) is 9.32. The lowest BCUT2D eigenvalue weighted by atomic mass is 10.1. The van der Waals surface area contributed by atoms with Gasteiger partial charge in [-0.25, -0.2) is 4.68 Å². The number of benzene rings is 3. The van der Waals surface area contributed by atoms with Crippen molar-refractivity contribution in [3.63, 3.8) is 0 Å². The number of amides is 1. The fourth-order valence-electron chi connectivity index (χ4n) is 3.07. The van der Waals surface area contributed by atoms with Gasteiger partial charge in [-0.1, -0.05) is 17.3 Å². The van der Waals surface area contributed by atoms with Gasteiger partial charge >= 0.3 is 0 Å². The van der Waals surface area contributed by atoms with E-state index in [1.807, 2.05) is 61.5 Å². The summed E-state index contributed by atoms with van der Waals surface area (Å²) in [5, 5.41) is 14.5. The highest BCUT2D eigenvalue weighted by atomic mass is 16.5. The maximum atomic E-state index is 12.8. The summed E-state index contributed by atoms with van der Waals surface area (Å²) in [7, 11) is 1.63. The predicted octanol–water partition coefficient (Wildman–Crippen LogP) is 4.46. The van der Waals surface area contributed by atoms with E-state index < -0.39 is 0 Å². The van der Waals surface area contributed by atoms with E-state index in [1.165, 1.54) is 0 Å². The highest BCUT2D eigenvalue weighted by Gasteiger charge is 2.12. The lowest BCUT2D eigenvalue weighted by Gasteiger charge is -2.13. The van der Waals surface area contributed by atoms with Gasteiger partial charge in [-0.3, -0.25) is 4.79 Å². The minimum absolute atomic E-state index is 0.207. The van der Waals surface area contributed by atoms with Crippen molar-refractivity contribution in [1.82, 2.24) is 15.0 Å². The zero-order valence-electron chi connectivity index (χ0n) is 16.2. The number of nitrogens with zero attached hydrogens (tertiary/aromatic N) is 3. The van der Waals surface area contributed by atoms with E-state index in [0.717, 1.165) is 29.2 Å². The summed E-state index contributed by atoms with van der Waals surface area (Å²) in [6, 6.07) is 20.6. The largest absolute Gasteiger partial charge is 0.497 e. The molecule has 1 heterocycles. The topological polar surface area (TPSA) is 81.1 Å². The van der Waals surface area contributed by atoms with Gasteiger partial charge in [0.25, 0.3) is 5.91 Å². The van der Waals surface area contributed by atoms with Crippen molar-refractivity contribution in [2.45, 2.75) is 13.5 Å². The van der Waals surface area contributed by atoms with E-state index in [4.69, 9.17) is 4.74 Å². The first-order chi connectivity index (χ1) is 14.2. The van der Waals surface area contributed by atoms with Crippen LogP contribution in [0, 0.1) is 0 Å². The van der Waals surface area contributed by atoms with Gasteiger partial charge in [-0.15, -0.1) is 5.10 Å². The number of anilines is 3. The number of rotatable bonds is 6. The standard InChI is InChI=1S/C22H21N5O2/c1-3-27-21-13-8-15(14-20(21)25-26-27)22(28)24-19-7-5-4-6-18(19)23-16-9-11-17(29-2)12-10-16/h4-14,23H,3H2,1-2H3,(H,24,28). The van der Waals surface area contributed by atoms with Crippen LogP contribution in [0.1, 0.15) is 17.3 Å². The van der Waals surface area contributed by atoms with Crippen molar-refractivity contribution >= 4 is 34.0 Å². The molecule has 0 saturated carbocycles. The Balaban J connectivity index is 1.55. The third kappa shape index (κ3) is 3.89. The number of nitrogens with one attached hydrogen (secondary N) is 2. The smallest absolute Gasteiger partial charge is 0.255 e. The van der Waals surface area contributed by atoms with Crippen LogP contribution in [0.25, 0.3) is 11.0 Å². The van der Waals surface area contributed by atoms with Gasteiger partial charge in [-0.05, 0) is 61.5 Å². The molecule has 7 nitrogen and oxygen atoms in total. The van der Waals surface area contributed by atoms with E-state index in [0.29, 0.717) is 16.8 Å². The minimum Gasteiger partial charge on any atom is -0.497 e. The average Bonchev–Trinajstić information content (AvgIpc) is 3.18. The van der Waals surface area contributed by atoms with Gasteiger partial charge in [-0.2, -0.15) is 0 Å². The molecule has 7 heteroatoms. The SMILES string of the molecule is CCn1nnc2cc(C(=O)Nc3ccccc3Nc3ccc(OC)cc3)ccc21. The summed E-state index contributed by atoms with van der Waals surface area (Å²) >= 11 is 0. The van der Waals surface area contributed by atoms with Crippen LogP contribution in [0.2, 0.25) is 0 Å². The number of methoxy groups -OCH3 is 1. The minimum atomic E-state index is -0.207. The molecule has 0 aliphatic carbocycles. The first kappa shape index (κ1) is 18.5. The van der Waals surface area contributed by atoms with Crippen LogP contribution in [0.5, 0.6) is 5.75 Å². The number of hydrogen-bond donors (Lipinski definition) is 2. The Labute approximate surface area is 168 Å². The van der Waals surface area contributed by atoms with Crippen LogP contribution in [0.4, 0.5) is 17.1 Å². The predicted molar refractivity (Wildman–Crippen MR) is 114 cm³/mol. The van der Waals surface area contributed by atoms with Gasteiger partial charge in [0.2, 0.25) is 0 Å². The van der Waals surface area contributed by atoms with Crippen LogP contribution in [0.3, 0.4) is 0 Å². The van der Waals surface area contributed by atoms with Crippen molar-refractivity contribution in [3.8, 4) is 5.75 Å². The van der Waals surface area contributed by atoms with Crippen LogP contribution in [-0.2, 0) is 6.54 Å². The number of hydrogen-bond acceptors (Lipinski definition) is 5. The summed E-state index contributed by atoms with van der Waals surface area (Å²) in [6.45, 7) is 2.73. The second kappa shape index (κ2) is 8.02. The lowest BCUT2D eigenvalue weighted by Crippen LogP contribution is -2.13. The van der Waals surface area contributed by atoms with Gasteiger partial charge in [0.15, 0.2) is 0 Å². The number of ether oxygens (including phenoxy) is 1. The van der Waals surface area contributed by atoms with E-state index in [1.54, 1.807) is 23.9 Å². The molecule has 29 heavy (non-hydrogen) atoms. The van der Waals surface area contributed by atoms with Crippen molar-refractivity contribution in [3.05, 3.63) is 72.3 Å². The molecule has 2 N–H and O–H groups in total. The maximum absolute atomic E-state index is 12.8. The summed E-state index contributed by atoms with van der Waals surface area (Å²) in [6.07, 6.45) is 0. The molecule has 4 aromatic rings. The van der Waals surface area contributed by atoms with Crippen molar-refractivity contribution in [1.29, 1.82) is 0 Å². The third-order valence-electron chi connectivity index (χ3n) is 4.62. The molecule has 1 amide bonds. The molecule has 1 aromatic heterocycles. The lowest BCUT2D eigenvalue weighted by molar-refractivity contribution is 0.102. The Hall–Kier alpha value is -3.87. The van der Waals surface area contributed by atoms with E-state index in [-0.39, 0.29) is 5.91 Å². The Morgan fingerprint density at radius 3 is 2.52 bits per heavy atom. The summed E-state index contributed by atoms with van der Waals surface area (Å²) in [5.74, 6) is 0.578. The molecule has 0 bridgehead atoms. The second-order valence-electron chi connectivity index (χ2n) is 6.46. The molecule has 146 valence electrons. The summed E-state index contributed by atoms with van der Waals surface area (Å²) in [5.41, 5.74) is 4.51. The average molecular weight is 387 g/mol. The number of para-hydroxylation sites is 2. The zero-order chi connectivity index (χ0) is 20.2. The number of carbonyl (C=O) groups excluding carboxylic acids is 1. The quantitative estimate of drug-likeness (QED) is 0.511. The Morgan fingerprint density at radius 1 is 1.03 bits per heavy atom. The molecule has 0 radical (unpaired) electrons. The van der Waals surface area contributed by atoms with Gasteiger partial charge in [0.1, 0.15) is 11.3 Å². The van der Waals surface area contributed by atoms with Crippen LogP contribution >= 0.6 is 0 Å². The molecule has 0 aliphatic heterocycles. The molecule has 0 atom stereocenters. The van der Waals surface area contributed by atoms with E-state index in [9.17, 15) is 4.79 Å². The number of aryl methyl sites for hydroxylation is 1. The molecule has 0 spiro atoms. The second-order valence-corrected chi connectivity index (χ2v) is 6.46. The van der Waals surface area contributed by atoms with Crippen LogP contribution < -0.4 is 15.4 Å². The Morgan fingerprint density at radius 2 is 1.79 bits per heavy atom. The monoisotopic (exact) mass is 387 g/mol. The van der Waals surface area contributed by atoms with E-state index >= 15 is 0 Å². The molecule has 0 fully saturated rings. The Kier molecular flexibility index (Phi) is 5.11. The summed E-state index contributed by atoms with van der Waals surface area (Å²) < 4.78 is 6.98. The molecule has 3 aromatic carbocycles. The fourth-order valence-corrected chi connectivity index (χ4v) is 3.07. The highest BCUT2D eigenvalue weighted by molar-refractivity contribution is 6.07. The number of carbonyl (C=O) groups is 1. The third-order valence-corrected chi connectivity index (χ3v) is 4.62. The molecular formula is C22H21N5O2. The van der Waals surface area contributed by atoms with Crippen LogP contribution in [-0.4, -0.2) is 28.0 Å². The fraction of sp³-hybridized carbons (Fsp3) is 0.136. The van der Waals surface area contributed by atoms with E-state index in [2.05, 4.69) is 20.9 Å². The van der Waals surface area contributed by atoms with Gasteiger partial charge in [0, 0.05) is 17.8 Å². The maximum Gasteiger partial charge on any atom is 0.255 e. The van der Waals surface area contributed by atoms with Crippen molar-refractivity contribution in [2.24, 2.45) is 0 Å². The molecular weight excluding hydrogens is 366 g/mol. The molecule has 0 aliphatic rings. The molecule has 0 saturated heterocycles. The van der Waals surface area contributed by atoms with Crippen LogP contribution in [0.15, 0.2) is 66.7 Å². The molecule has 0 unspecified atom stereocenters. The molecule has 4 rings (SSSR count). The van der Waals surface area contributed by atoms with Gasteiger partial charge < -0.3 is 15.4 Å². The number of fused-ring (bicyclic) bond motifs is 1. The summed E-state index contributed by atoms with van der Waals surface area (Å²) in [4.78, 5) is 12.8. The van der Waals surface area contributed by atoms with Crippen molar-refractivity contribution in [2.75, 3.05) is 17.7 Å². The normalized spacial score (nSPS) is 10.7. The number of aromatic nitrogens is 3. The highest BCUT2D eigenvalue weighted by Crippen LogP contribution is 2.27. The van der Waals surface area contributed by atoms with Gasteiger partial charge in [0.05, 0.1) is 24.0 Å². The van der Waals surface area contributed by atoms with Crippen molar-refractivity contribution < 1.29 is 9.53 Å². The Bertz CT molecular complexity index is 1150. The zero-order valence-corrected chi connectivity index (χ0v) is 16.2. The first-order valence-electron chi connectivity index (χ1n) is 9.32.